The van der Waals surface area contributed by atoms with Crippen LogP contribution >= 0.6 is 11.8 Å². The van der Waals surface area contributed by atoms with E-state index in [9.17, 15) is 8.78 Å². The highest BCUT2D eigenvalue weighted by Gasteiger charge is 2.27. The summed E-state index contributed by atoms with van der Waals surface area (Å²) in [6.45, 7) is 0. The van der Waals surface area contributed by atoms with Gasteiger partial charge in [0.15, 0.2) is 0 Å². The van der Waals surface area contributed by atoms with Gasteiger partial charge in [-0.25, -0.2) is 8.78 Å². The molecule has 0 radical (unpaired) electrons. The molecule has 1 aliphatic heterocycles. The van der Waals surface area contributed by atoms with E-state index in [-0.39, 0.29) is 0 Å². The van der Waals surface area contributed by atoms with Gasteiger partial charge in [-0.3, -0.25) is 4.68 Å². The molecule has 0 spiro atoms. The summed E-state index contributed by atoms with van der Waals surface area (Å²) < 4.78 is 29.1. The molecule has 0 bridgehead atoms. The van der Waals surface area contributed by atoms with E-state index in [0.29, 0.717) is 10.9 Å². The smallest absolute Gasteiger partial charge is 0.275 e. The van der Waals surface area contributed by atoms with Gasteiger partial charge in [0.2, 0.25) is 11.0 Å². The van der Waals surface area contributed by atoms with Crippen molar-refractivity contribution in [2.24, 2.45) is 12.1 Å². The summed E-state index contributed by atoms with van der Waals surface area (Å²) in [6, 6.07) is 11.2. The van der Waals surface area contributed by atoms with Gasteiger partial charge in [0.05, 0.1) is 5.69 Å². The maximum atomic E-state index is 13.1. The molecule has 2 aromatic heterocycles. The molecule has 1 aliphatic rings. The Labute approximate surface area is 145 Å². The van der Waals surface area contributed by atoms with Crippen LogP contribution < -0.4 is 0 Å². The first-order valence-electron chi connectivity index (χ1n) is 7.39. The van der Waals surface area contributed by atoms with Gasteiger partial charge in [0.1, 0.15) is 5.71 Å². The molecule has 6 nitrogen and oxygen atoms in total. The Hall–Kier alpha value is -2.81. The van der Waals surface area contributed by atoms with Gasteiger partial charge in [0, 0.05) is 23.7 Å². The molecule has 0 aliphatic carbocycles. The molecule has 0 fully saturated rings. The standard InChI is InChI=1S/C16H12F2N6S/c1-23-8-7-11(21-23)9-12-13(10-5-3-2-4-6-10)22-24-15(14(17)18)19-20-16(24)25-12/h2-9,14H,1H3/b12-9-. The second kappa shape index (κ2) is 6.25. The van der Waals surface area contributed by atoms with Crippen LogP contribution in [0.2, 0.25) is 0 Å². The van der Waals surface area contributed by atoms with Gasteiger partial charge in [0.25, 0.3) is 6.43 Å². The first-order valence-corrected chi connectivity index (χ1v) is 8.21. The number of thioether (sulfide) groups is 1. The number of allylic oxidation sites excluding steroid dienone is 1. The third-order valence-corrected chi connectivity index (χ3v) is 4.49. The zero-order valence-electron chi connectivity index (χ0n) is 13.0. The number of halogens is 2. The van der Waals surface area contributed by atoms with E-state index >= 15 is 0 Å². The molecular weight excluding hydrogens is 346 g/mol. The molecule has 0 atom stereocenters. The van der Waals surface area contributed by atoms with Crippen molar-refractivity contribution in [3.8, 4) is 0 Å². The molecule has 25 heavy (non-hydrogen) atoms. The molecule has 4 rings (SSSR count). The first-order chi connectivity index (χ1) is 12.1. The number of hydrogen-bond acceptors (Lipinski definition) is 5. The number of aromatic nitrogens is 5. The second-order valence-electron chi connectivity index (χ2n) is 5.29. The molecule has 0 N–H and O–H groups in total. The average Bonchev–Trinajstić information content (AvgIpc) is 3.20. The van der Waals surface area contributed by atoms with Gasteiger partial charge in [-0.15, -0.1) is 10.2 Å². The highest BCUT2D eigenvalue weighted by atomic mass is 32.2. The van der Waals surface area contributed by atoms with E-state index in [1.54, 1.807) is 4.68 Å². The molecule has 0 saturated heterocycles. The highest BCUT2D eigenvalue weighted by Crippen LogP contribution is 2.36. The number of hydrogen-bond donors (Lipinski definition) is 0. The summed E-state index contributed by atoms with van der Waals surface area (Å²) in [5, 5.41) is 16.4. The van der Waals surface area contributed by atoms with Crippen molar-refractivity contribution < 1.29 is 8.78 Å². The number of alkyl halides is 2. The Morgan fingerprint density at radius 3 is 2.60 bits per heavy atom. The molecule has 3 heterocycles. The van der Waals surface area contributed by atoms with E-state index in [2.05, 4.69) is 20.4 Å². The monoisotopic (exact) mass is 358 g/mol. The molecule has 0 saturated carbocycles. The van der Waals surface area contributed by atoms with Crippen LogP contribution in [0, 0.1) is 0 Å². The molecule has 3 aromatic rings. The Morgan fingerprint density at radius 1 is 1.12 bits per heavy atom. The quantitative estimate of drug-likeness (QED) is 0.720. The van der Waals surface area contributed by atoms with E-state index in [1.807, 2.05) is 55.7 Å². The van der Waals surface area contributed by atoms with Gasteiger partial charge < -0.3 is 0 Å². The molecule has 126 valence electrons. The first kappa shape index (κ1) is 15.7. The van der Waals surface area contributed by atoms with Crippen molar-refractivity contribution in [3.63, 3.8) is 0 Å². The predicted octanol–water partition coefficient (Wildman–Crippen LogP) is 3.35. The zero-order chi connectivity index (χ0) is 17.4. The Balaban J connectivity index is 1.86. The number of benzene rings is 1. The van der Waals surface area contributed by atoms with Gasteiger partial charge >= 0.3 is 0 Å². The number of aryl methyl sites for hydroxylation is 1. The molecular formula is C16H12F2N6S. The van der Waals surface area contributed by atoms with Crippen LogP contribution in [-0.4, -0.2) is 30.4 Å². The van der Waals surface area contributed by atoms with Crippen LogP contribution in [0.4, 0.5) is 8.78 Å². The summed E-state index contributed by atoms with van der Waals surface area (Å²) in [5.74, 6) is -0.465. The van der Waals surface area contributed by atoms with E-state index in [0.717, 1.165) is 20.8 Å². The van der Waals surface area contributed by atoms with Gasteiger partial charge in [-0.05, 0) is 23.9 Å². The summed E-state index contributed by atoms with van der Waals surface area (Å²) >= 11 is 1.24. The van der Waals surface area contributed by atoms with Crippen molar-refractivity contribution in [1.82, 2.24) is 24.7 Å². The molecule has 0 unspecified atom stereocenters. The summed E-state index contributed by atoms with van der Waals surface area (Å²) in [7, 11) is 1.83. The lowest BCUT2D eigenvalue weighted by atomic mass is 10.1. The molecule has 1 aromatic carbocycles. The van der Waals surface area contributed by atoms with Crippen molar-refractivity contribution in [2.75, 3.05) is 0 Å². The molecule has 0 amide bonds. The topological polar surface area (TPSA) is 60.9 Å². The minimum absolute atomic E-state index is 0.303. The lowest BCUT2D eigenvalue weighted by molar-refractivity contribution is 0.135. The number of rotatable bonds is 3. The number of fused-ring (bicyclic) bond motifs is 1. The van der Waals surface area contributed by atoms with Crippen molar-refractivity contribution in [1.29, 1.82) is 0 Å². The van der Waals surface area contributed by atoms with Crippen LogP contribution in [0.1, 0.15) is 23.5 Å². The van der Waals surface area contributed by atoms with Crippen LogP contribution in [0.25, 0.3) is 6.08 Å². The zero-order valence-corrected chi connectivity index (χ0v) is 13.9. The summed E-state index contributed by atoms with van der Waals surface area (Å²) in [5.41, 5.74) is 2.14. The average molecular weight is 358 g/mol. The normalized spacial score (nSPS) is 15.5. The maximum absolute atomic E-state index is 13.1. The van der Waals surface area contributed by atoms with Crippen LogP contribution in [-0.2, 0) is 7.05 Å². The minimum Gasteiger partial charge on any atom is -0.275 e. The summed E-state index contributed by atoms with van der Waals surface area (Å²) in [4.78, 5) is 0.769. The van der Waals surface area contributed by atoms with E-state index in [1.165, 1.54) is 11.8 Å². The minimum atomic E-state index is -2.75. The fourth-order valence-corrected chi connectivity index (χ4v) is 3.34. The van der Waals surface area contributed by atoms with Crippen LogP contribution in [0.3, 0.4) is 0 Å². The van der Waals surface area contributed by atoms with Crippen molar-refractivity contribution >= 4 is 23.5 Å². The van der Waals surface area contributed by atoms with Gasteiger partial charge in [-0.2, -0.15) is 14.9 Å². The Bertz CT molecular complexity index is 974. The summed E-state index contributed by atoms with van der Waals surface area (Å²) in [6.07, 6.45) is 0.941. The largest absolute Gasteiger partial charge is 0.299 e. The van der Waals surface area contributed by atoms with Crippen LogP contribution in [0.5, 0.6) is 0 Å². The third-order valence-electron chi connectivity index (χ3n) is 3.53. The second-order valence-corrected chi connectivity index (χ2v) is 6.30. The van der Waals surface area contributed by atoms with Crippen LogP contribution in [0.15, 0.2) is 57.8 Å². The number of nitrogens with zero attached hydrogens (tertiary/aromatic N) is 6. The molecule has 9 heteroatoms. The van der Waals surface area contributed by atoms with E-state index < -0.39 is 12.2 Å². The maximum Gasteiger partial charge on any atom is 0.299 e. The lowest BCUT2D eigenvalue weighted by Gasteiger charge is -2.16. The fraction of sp³-hybridized carbons (Fsp3) is 0.125. The lowest BCUT2D eigenvalue weighted by Crippen LogP contribution is -2.13. The Morgan fingerprint density at radius 2 is 1.92 bits per heavy atom. The van der Waals surface area contributed by atoms with Crippen molar-refractivity contribution in [2.45, 2.75) is 11.6 Å². The van der Waals surface area contributed by atoms with Gasteiger partial charge in [-0.1, -0.05) is 30.3 Å². The predicted molar refractivity (Wildman–Crippen MR) is 90.4 cm³/mol. The van der Waals surface area contributed by atoms with Crippen molar-refractivity contribution in [3.05, 3.63) is 64.6 Å². The SMILES string of the molecule is Cn1ccc(/C=C2\Sc3nnc(C(F)F)n3N=C2c2ccccc2)n1. The third kappa shape index (κ3) is 2.98. The highest BCUT2D eigenvalue weighted by molar-refractivity contribution is 8.04. The fourth-order valence-electron chi connectivity index (χ4n) is 2.40. The Kier molecular flexibility index (Phi) is 3.92. The van der Waals surface area contributed by atoms with E-state index in [4.69, 9.17) is 0 Å².